The number of nitrogens with zero attached hydrogens (tertiary/aromatic N) is 1. The summed E-state index contributed by atoms with van der Waals surface area (Å²) >= 11 is 0. The summed E-state index contributed by atoms with van der Waals surface area (Å²) in [5, 5.41) is 19.2. The number of aryl methyl sites for hydroxylation is 1. The van der Waals surface area contributed by atoms with E-state index in [9.17, 15) is 15.0 Å². The molecule has 0 amide bonds. The minimum Gasteiger partial charge on any atom is -0.422 e. The molecule has 0 fully saturated rings. The lowest BCUT2D eigenvalue weighted by atomic mass is 10.0. The van der Waals surface area contributed by atoms with Crippen molar-refractivity contribution in [3.05, 3.63) is 64.5 Å². The molecule has 3 aromatic rings. The predicted molar refractivity (Wildman–Crippen MR) is 99.0 cm³/mol. The summed E-state index contributed by atoms with van der Waals surface area (Å²) < 4.78 is 5.54. The van der Waals surface area contributed by atoms with Gasteiger partial charge in [-0.05, 0) is 36.2 Å². The topological polar surface area (TPSA) is 73.9 Å². The number of hydrogen-bond acceptors (Lipinski definition) is 5. The summed E-state index contributed by atoms with van der Waals surface area (Å²) in [7, 11) is 0. The lowest BCUT2D eigenvalue weighted by Crippen LogP contribution is -2.29. The Labute approximate surface area is 145 Å². The first kappa shape index (κ1) is 17.2. The molecule has 0 aliphatic carbocycles. The molecule has 0 spiro atoms. The Balaban J connectivity index is 2.07. The zero-order chi connectivity index (χ0) is 17.8. The van der Waals surface area contributed by atoms with Crippen molar-refractivity contribution in [2.45, 2.75) is 6.92 Å². The Bertz CT molecular complexity index is 926. The van der Waals surface area contributed by atoms with Gasteiger partial charge in [-0.2, -0.15) is 0 Å². The van der Waals surface area contributed by atoms with E-state index in [2.05, 4.69) is 0 Å². The van der Waals surface area contributed by atoms with E-state index in [1.807, 2.05) is 54.3 Å². The average molecular weight is 339 g/mol. The van der Waals surface area contributed by atoms with Gasteiger partial charge in [-0.25, -0.2) is 4.79 Å². The minimum atomic E-state index is -0.380. The molecule has 2 aromatic carbocycles. The Morgan fingerprint density at radius 2 is 1.68 bits per heavy atom. The third-order valence-corrected chi connectivity index (χ3v) is 4.26. The fourth-order valence-corrected chi connectivity index (χ4v) is 2.97. The van der Waals surface area contributed by atoms with E-state index >= 15 is 0 Å². The first-order valence-electron chi connectivity index (χ1n) is 8.24. The van der Waals surface area contributed by atoms with Gasteiger partial charge in [-0.15, -0.1) is 0 Å². The van der Waals surface area contributed by atoms with Crippen LogP contribution in [0.4, 0.5) is 5.69 Å². The summed E-state index contributed by atoms with van der Waals surface area (Å²) in [5.41, 5.74) is 3.33. The maximum atomic E-state index is 12.5. The summed E-state index contributed by atoms with van der Waals surface area (Å²) in [5.74, 6) is 0. The summed E-state index contributed by atoms with van der Waals surface area (Å²) in [6.07, 6.45) is 0. The van der Waals surface area contributed by atoms with Gasteiger partial charge in [0.15, 0.2) is 0 Å². The molecule has 130 valence electrons. The lowest BCUT2D eigenvalue weighted by Gasteiger charge is -2.23. The SMILES string of the molecule is Cc1ccccc1-c1cc2ccc(N(CCO)CCO)cc2oc1=O. The molecule has 2 N–H and O–H groups in total. The molecule has 1 heterocycles. The van der Waals surface area contributed by atoms with E-state index in [4.69, 9.17) is 4.42 Å². The second-order valence-electron chi connectivity index (χ2n) is 5.92. The highest BCUT2D eigenvalue weighted by Gasteiger charge is 2.12. The van der Waals surface area contributed by atoms with Crippen LogP contribution >= 0.6 is 0 Å². The van der Waals surface area contributed by atoms with Crippen LogP contribution in [0.3, 0.4) is 0 Å². The smallest absolute Gasteiger partial charge is 0.344 e. The van der Waals surface area contributed by atoms with Crippen LogP contribution in [0.25, 0.3) is 22.1 Å². The number of hydrogen-bond donors (Lipinski definition) is 2. The van der Waals surface area contributed by atoms with Crippen LogP contribution in [-0.4, -0.2) is 36.5 Å². The molecule has 0 unspecified atom stereocenters. The first-order valence-corrected chi connectivity index (χ1v) is 8.24. The molecule has 0 radical (unpaired) electrons. The van der Waals surface area contributed by atoms with Gasteiger partial charge in [0.05, 0.1) is 18.8 Å². The second kappa shape index (κ2) is 7.51. The summed E-state index contributed by atoms with van der Waals surface area (Å²) in [4.78, 5) is 14.3. The van der Waals surface area contributed by atoms with Gasteiger partial charge in [0.2, 0.25) is 0 Å². The quantitative estimate of drug-likeness (QED) is 0.675. The number of fused-ring (bicyclic) bond motifs is 1. The van der Waals surface area contributed by atoms with Gasteiger partial charge in [0.25, 0.3) is 0 Å². The van der Waals surface area contributed by atoms with Crippen LogP contribution in [0.15, 0.2) is 57.7 Å². The number of aliphatic hydroxyl groups excluding tert-OH is 2. The van der Waals surface area contributed by atoms with E-state index in [0.29, 0.717) is 24.2 Å². The van der Waals surface area contributed by atoms with Gasteiger partial charge in [-0.1, -0.05) is 24.3 Å². The third-order valence-electron chi connectivity index (χ3n) is 4.26. The number of rotatable bonds is 6. The zero-order valence-corrected chi connectivity index (χ0v) is 14.1. The van der Waals surface area contributed by atoms with Gasteiger partial charge in [-0.3, -0.25) is 0 Å². The highest BCUT2D eigenvalue weighted by Crippen LogP contribution is 2.26. The molecule has 1 aromatic heterocycles. The zero-order valence-electron chi connectivity index (χ0n) is 14.1. The maximum Gasteiger partial charge on any atom is 0.344 e. The molecule has 0 saturated carbocycles. The van der Waals surface area contributed by atoms with Crippen LogP contribution in [0.1, 0.15) is 5.56 Å². The van der Waals surface area contributed by atoms with Gasteiger partial charge < -0.3 is 19.5 Å². The van der Waals surface area contributed by atoms with E-state index < -0.39 is 0 Å². The monoisotopic (exact) mass is 339 g/mol. The molecular weight excluding hydrogens is 318 g/mol. The molecule has 0 saturated heterocycles. The molecule has 25 heavy (non-hydrogen) atoms. The third kappa shape index (κ3) is 3.57. The predicted octanol–water partition coefficient (Wildman–Crippen LogP) is 2.56. The Kier molecular flexibility index (Phi) is 5.16. The average Bonchev–Trinajstić information content (AvgIpc) is 2.61. The van der Waals surface area contributed by atoms with Crippen LogP contribution in [0.2, 0.25) is 0 Å². The fraction of sp³-hybridized carbons (Fsp3) is 0.250. The lowest BCUT2D eigenvalue weighted by molar-refractivity contribution is 0.281. The van der Waals surface area contributed by atoms with Crippen molar-refractivity contribution < 1.29 is 14.6 Å². The van der Waals surface area contributed by atoms with Gasteiger partial charge >= 0.3 is 5.63 Å². The molecule has 5 nitrogen and oxygen atoms in total. The van der Waals surface area contributed by atoms with Gasteiger partial charge in [0, 0.05) is 30.2 Å². The normalized spacial score (nSPS) is 11.0. The van der Waals surface area contributed by atoms with E-state index in [0.717, 1.165) is 22.2 Å². The van der Waals surface area contributed by atoms with Crippen LogP contribution in [0, 0.1) is 6.92 Å². The second-order valence-corrected chi connectivity index (χ2v) is 5.92. The van der Waals surface area contributed by atoms with Crippen molar-refractivity contribution in [3.63, 3.8) is 0 Å². The summed E-state index contributed by atoms with van der Waals surface area (Å²) in [6.45, 7) is 2.72. The Morgan fingerprint density at radius 1 is 0.960 bits per heavy atom. The largest absolute Gasteiger partial charge is 0.422 e. The Morgan fingerprint density at radius 3 is 2.36 bits per heavy atom. The van der Waals surface area contributed by atoms with Crippen LogP contribution in [0.5, 0.6) is 0 Å². The molecule has 5 heteroatoms. The number of benzene rings is 2. The van der Waals surface area contributed by atoms with Crippen molar-refractivity contribution in [1.82, 2.24) is 0 Å². The van der Waals surface area contributed by atoms with Gasteiger partial charge in [0.1, 0.15) is 5.58 Å². The van der Waals surface area contributed by atoms with Crippen molar-refractivity contribution >= 4 is 16.7 Å². The van der Waals surface area contributed by atoms with E-state index in [1.165, 1.54) is 0 Å². The molecule has 3 rings (SSSR count). The van der Waals surface area contributed by atoms with Crippen LogP contribution in [-0.2, 0) is 0 Å². The molecular formula is C20H21NO4. The highest BCUT2D eigenvalue weighted by molar-refractivity contribution is 5.85. The molecule has 0 bridgehead atoms. The molecule has 0 aliphatic heterocycles. The van der Waals surface area contributed by atoms with Crippen LogP contribution < -0.4 is 10.5 Å². The minimum absolute atomic E-state index is 0.0196. The maximum absolute atomic E-state index is 12.5. The summed E-state index contributed by atoms with van der Waals surface area (Å²) in [6, 6.07) is 15.1. The van der Waals surface area contributed by atoms with Crippen molar-refractivity contribution in [1.29, 1.82) is 0 Å². The van der Waals surface area contributed by atoms with E-state index in [-0.39, 0.29) is 18.8 Å². The van der Waals surface area contributed by atoms with Crippen molar-refractivity contribution in [3.8, 4) is 11.1 Å². The number of anilines is 1. The van der Waals surface area contributed by atoms with E-state index in [1.54, 1.807) is 6.07 Å². The Hall–Kier alpha value is -2.63. The standard InChI is InChI=1S/C20H21NO4/c1-14-4-2-3-5-17(14)18-12-15-6-7-16(13-19(15)25-20(18)24)21(8-10-22)9-11-23/h2-7,12-13,22-23H,8-11H2,1H3. The van der Waals surface area contributed by atoms with Crippen molar-refractivity contribution in [2.75, 3.05) is 31.2 Å². The van der Waals surface area contributed by atoms with Crippen molar-refractivity contribution in [2.24, 2.45) is 0 Å². The molecule has 0 aliphatic rings. The highest BCUT2D eigenvalue weighted by atomic mass is 16.4. The fourth-order valence-electron chi connectivity index (χ4n) is 2.97. The number of aliphatic hydroxyl groups is 2. The first-order chi connectivity index (χ1) is 12.1. The molecule has 0 atom stereocenters.